The molecule has 3 heterocycles. The Hall–Kier alpha value is -1.90. The standard InChI is InChI=1S/C17H24N4O3S/c1-10-7-12(24-6-4-5-21(2)3)20-17-13(10)14(18)15(25-17)16(22)19-11-8-23-9-11/h7,11H,4-6,8-9,18H2,1-3H3,(H,19,22). The van der Waals surface area contributed by atoms with Crippen LogP contribution in [0, 0.1) is 6.92 Å². The van der Waals surface area contributed by atoms with Crippen LogP contribution in [0.1, 0.15) is 21.7 Å². The van der Waals surface area contributed by atoms with Crippen molar-refractivity contribution in [3.05, 3.63) is 16.5 Å². The maximum absolute atomic E-state index is 12.4. The van der Waals surface area contributed by atoms with E-state index in [1.165, 1.54) is 11.3 Å². The van der Waals surface area contributed by atoms with Gasteiger partial charge in [-0.3, -0.25) is 4.79 Å². The first-order valence-electron chi connectivity index (χ1n) is 8.31. The largest absolute Gasteiger partial charge is 0.478 e. The van der Waals surface area contributed by atoms with Crippen LogP contribution in [0.25, 0.3) is 10.2 Å². The van der Waals surface area contributed by atoms with Crippen molar-refractivity contribution in [3.8, 4) is 5.88 Å². The lowest BCUT2D eigenvalue weighted by molar-refractivity contribution is -0.00337. The fraction of sp³-hybridized carbons (Fsp3) is 0.529. The number of hydrogen-bond donors (Lipinski definition) is 2. The molecule has 0 spiro atoms. The fourth-order valence-electron chi connectivity index (χ4n) is 2.65. The molecule has 1 saturated heterocycles. The van der Waals surface area contributed by atoms with Crippen LogP contribution in [0.3, 0.4) is 0 Å². The Labute approximate surface area is 151 Å². The van der Waals surface area contributed by atoms with Gasteiger partial charge in [-0.2, -0.15) is 0 Å². The monoisotopic (exact) mass is 364 g/mol. The van der Waals surface area contributed by atoms with Gasteiger partial charge in [-0.1, -0.05) is 0 Å². The Bertz CT molecular complexity index is 771. The van der Waals surface area contributed by atoms with E-state index in [2.05, 4.69) is 15.2 Å². The molecule has 0 aromatic carbocycles. The number of rotatable bonds is 7. The smallest absolute Gasteiger partial charge is 0.263 e. The van der Waals surface area contributed by atoms with Crippen molar-refractivity contribution in [1.82, 2.24) is 15.2 Å². The van der Waals surface area contributed by atoms with Crippen molar-refractivity contribution in [1.29, 1.82) is 0 Å². The number of aromatic nitrogens is 1. The highest BCUT2D eigenvalue weighted by atomic mass is 32.1. The van der Waals surface area contributed by atoms with E-state index in [1.54, 1.807) is 0 Å². The second-order valence-corrected chi connectivity index (χ2v) is 7.51. The molecule has 2 aromatic heterocycles. The number of thiophene rings is 1. The van der Waals surface area contributed by atoms with Gasteiger partial charge in [0.15, 0.2) is 0 Å². The minimum Gasteiger partial charge on any atom is -0.478 e. The molecule has 0 unspecified atom stereocenters. The number of anilines is 1. The molecular formula is C17H24N4O3S. The van der Waals surface area contributed by atoms with E-state index in [9.17, 15) is 4.79 Å². The molecular weight excluding hydrogens is 340 g/mol. The molecule has 136 valence electrons. The average molecular weight is 364 g/mol. The SMILES string of the molecule is Cc1cc(OCCCN(C)C)nc2sc(C(=O)NC3COC3)c(N)c12. The summed E-state index contributed by atoms with van der Waals surface area (Å²) in [6.07, 6.45) is 0.926. The van der Waals surface area contributed by atoms with Crippen molar-refractivity contribution >= 4 is 33.1 Å². The van der Waals surface area contributed by atoms with Gasteiger partial charge in [-0.05, 0) is 33.0 Å². The molecule has 0 radical (unpaired) electrons. The summed E-state index contributed by atoms with van der Waals surface area (Å²) >= 11 is 1.30. The third-order valence-corrected chi connectivity index (χ3v) is 5.15. The second kappa shape index (κ2) is 7.55. The Kier molecular flexibility index (Phi) is 5.41. The predicted octanol–water partition coefficient (Wildman–Crippen LogP) is 1.65. The molecule has 8 heteroatoms. The predicted molar refractivity (Wildman–Crippen MR) is 99.5 cm³/mol. The highest BCUT2D eigenvalue weighted by molar-refractivity contribution is 7.21. The zero-order valence-electron chi connectivity index (χ0n) is 14.8. The topological polar surface area (TPSA) is 89.7 Å². The zero-order chi connectivity index (χ0) is 18.0. The number of carbonyl (C=O) groups excluding carboxylic acids is 1. The van der Waals surface area contributed by atoms with Crippen LogP contribution >= 0.6 is 11.3 Å². The number of nitrogen functional groups attached to an aromatic ring is 1. The van der Waals surface area contributed by atoms with Crippen LogP contribution in [0.15, 0.2) is 6.07 Å². The third kappa shape index (κ3) is 4.02. The molecule has 3 N–H and O–H groups in total. The lowest BCUT2D eigenvalue weighted by Crippen LogP contribution is -2.48. The number of carbonyl (C=O) groups is 1. The summed E-state index contributed by atoms with van der Waals surface area (Å²) in [5, 5.41) is 3.76. The highest BCUT2D eigenvalue weighted by Gasteiger charge is 2.25. The number of hydrogen-bond acceptors (Lipinski definition) is 7. The van der Waals surface area contributed by atoms with Crippen molar-refractivity contribution in [2.45, 2.75) is 19.4 Å². The van der Waals surface area contributed by atoms with Crippen molar-refractivity contribution in [2.24, 2.45) is 0 Å². The molecule has 25 heavy (non-hydrogen) atoms. The van der Waals surface area contributed by atoms with Gasteiger partial charge in [0.1, 0.15) is 9.71 Å². The van der Waals surface area contributed by atoms with Gasteiger partial charge in [0, 0.05) is 18.0 Å². The second-order valence-electron chi connectivity index (χ2n) is 6.52. The molecule has 0 saturated carbocycles. The van der Waals surface area contributed by atoms with Gasteiger partial charge in [-0.15, -0.1) is 11.3 Å². The molecule has 0 atom stereocenters. The molecule has 1 amide bonds. The fourth-order valence-corrected chi connectivity index (χ4v) is 3.72. The number of nitrogens with one attached hydrogen (secondary N) is 1. The number of nitrogens with zero attached hydrogens (tertiary/aromatic N) is 2. The summed E-state index contributed by atoms with van der Waals surface area (Å²) < 4.78 is 10.8. The number of fused-ring (bicyclic) bond motifs is 1. The van der Waals surface area contributed by atoms with Gasteiger partial charge in [0.2, 0.25) is 5.88 Å². The minimum absolute atomic E-state index is 0.0711. The Morgan fingerprint density at radius 3 is 2.92 bits per heavy atom. The van der Waals surface area contributed by atoms with Gasteiger partial charge in [0.05, 0.1) is 31.5 Å². The van der Waals surface area contributed by atoms with Gasteiger partial charge < -0.3 is 25.4 Å². The van der Waals surface area contributed by atoms with Gasteiger partial charge >= 0.3 is 0 Å². The van der Waals surface area contributed by atoms with Crippen molar-refractivity contribution in [2.75, 3.05) is 46.2 Å². The first-order valence-corrected chi connectivity index (χ1v) is 9.13. The van der Waals surface area contributed by atoms with E-state index in [0.717, 1.165) is 28.7 Å². The molecule has 3 rings (SSSR count). The van der Waals surface area contributed by atoms with Crippen molar-refractivity contribution < 1.29 is 14.3 Å². The highest BCUT2D eigenvalue weighted by Crippen LogP contribution is 2.36. The van der Waals surface area contributed by atoms with E-state index in [-0.39, 0.29) is 11.9 Å². The van der Waals surface area contributed by atoms with E-state index in [0.29, 0.717) is 36.3 Å². The Balaban J connectivity index is 1.76. The minimum atomic E-state index is -0.165. The summed E-state index contributed by atoms with van der Waals surface area (Å²) in [4.78, 5) is 20.3. The van der Waals surface area contributed by atoms with Crippen LogP contribution in [0.4, 0.5) is 5.69 Å². The van der Waals surface area contributed by atoms with Crippen LogP contribution in [-0.2, 0) is 4.74 Å². The summed E-state index contributed by atoms with van der Waals surface area (Å²) in [7, 11) is 4.07. The average Bonchev–Trinajstić information content (AvgIpc) is 2.84. The van der Waals surface area contributed by atoms with E-state index in [1.807, 2.05) is 27.1 Å². The van der Waals surface area contributed by atoms with Crippen LogP contribution < -0.4 is 15.8 Å². The lowest BCUT2D eigenvalue weighted by Gasteiger charge is -2.26. The van der Waals surface area contributed by atoms with E-state index < -0.39 is 0 Å². The molecule has 7 nitrogen and oxygen atoms in total. The van der Waals surface area contributed by atoms with Crippen LogP contribution in [0.2, 0.25) is 0 Å². The first kappa shape index (κ1) is 17.9. The summed E-state index contributed by atoms with van der Waals surface area (Å²) in [6.45, 7) is 4.63. The zero-order valence-corrected chi connectivity index (χ0v) is 15.6. The maximum Gasteiger partial charge on any atom is 0.263 e. The number of amides is 1. The molecule has 0 aliphatic carbocycles. The summed E-state index contributed by atoms with van der Waals surface area (Å²) in [5.41, 5.74) is 7.67. The van der Waals surface area contributed by atoms with E-state index in [4.69, 9.17) is 15.2 Å². The van der Waals surface area contributed by atoms with Gasteiger partial charge in [-0.25, -0.2) is 4.98 Å². The summed E-state index contributed by atoms with van der Waals surface area (Å²) in [6, 6.07) is 1.95. The van der Waals surface area contributed by atoms with E-state index >= 15 is 0 Å². The maximum atomic E-state index is 12.4. The number of pyridine rings is 1. The quantitative estimate of drug-likeness (QED) is 0.726. The molecule has 0 bridgehead atoms. The Morgan fingerprint density at radius 2 is 2.28 bits per heavy atom. The van der Waals surface area contributed by atoms with Crippen molar-refractivity contribution in [3.63, 3.8) is 0 Å². The number of nitrogens with two attached hydrogens (primary N) is 1. The summed E-state index contributed by atoms with van der Waals surface area (Å²) in [5.74, 6) is 0.408. The molecule has 2 aromatic rings. The van der Waals surface area contributed by atoms with Crippen LogP contribution in [-0.4, -0.2) is 62.3 Å². The molecule has 1 fully saturated rings. The molecule has 1 aliphatic rings. The number of aryl methyl sites for hydroxylation is 1. The normalized spacial score (nSPS) is 14.7. The lowest BCUT2D eigenvalue weighted by atomic mass is 10.1. The third-order valence-electron chi connectivity index (χ3n) is 4.05. The van der Waals surface area contributed by atoms with Gasteiger partial charge in [0.25, 0.3) is 5.91 Å². The number of ether oxygens (including phenoxy) is 2. The molecule has 1 aliphatic heterocycles. The Morgan fingerprint density at radius 1 is 1.52 bits per heavy atom. The van der Waals surface area contributed by atoms with Crippen LogP contribution in [0.5, 0.6) is 5.88 Å². The first-order chi connectivity index (χ1) is 12.0.